The fourth-order valence-corrected chi connectivity index (χ4v) is 5.46. The molecule has 3 rings (SSSR count). The molecule has 0 bridgehead atoms. The maximum Gasteiger partial charge on any atom is 0.432 e. The Morgan fingerprint density at radius 3 is 2.38 bits per heavy atom. The number of hydroxylamine groups is 1. The number of nitrogens with zero attached hydrogens (tertiary/aromatic N) is 1. The zero-order valence-electron chi connectivity index (χ0n) is 17.8. The Bertz CT molecular complexity index is 1070. The lowest BCUT2D eigenvalue weighted by Crippen LogP contribution is -2.52. The Kier molecular flexibility index (Phi) is 7.75. The van der Waals surface area contributed by atoms with Gasteiger partial charge < -0.3 is 9.47 Å². The number of amides is 1. The number of ether oxygens (including phenoxy) is 2. The predicted octanol–water partition coefficient (Wildman–Crippen LogP) is 2.97. The first-order chi connectivity index (χ1) is 15.4. The van der Waals surface area contributed by atoms with Crippen LogP contribution in [-0.4, -0.2) is 49.2 Å². The van der Waals surface area contributed by atoms with Crippen LogP contribution in [-0.2, 0) is 21.1 Å². The number of sulfone groups is 1. The van der Waals surface area contributed by atoms with Gasteiger partial charge in [-0.05, 0) is 36.8 Å². The maximum atomic E-state index is 13.5. The Hall–Kier alpha value is -3.06. The molecule has 9 heteroatoms. The highest BCUT2D eigenvalue weighted by atomic mass is 32.2. The van der Waals surface area contributed by atoms with Gasteiger partial charge in [-0.15, -0.1) is 5.92 Å². The Morgan fingerprint density at radius 2 is 1.78 bits per heavy atom. The number of benzene rings is 2. The molecule has 0 saturated carbocycles. The van der Waals surface area contributed by atoms with Gasteiger partial charge in [-0.2, -0.15) is 0 Å². The molecule has 0 spiro atoms. The predicted molar refractivity (Wildman–Crippen MR) is 118 cm³/mol. The molecular weight excluding hydrogens is 432 g/mol. The molecule has 2 N–H and O–H groups in total. The molecule has 2 aromatic carbocycles. The van der Waals surface area contributed by atoms with Crippen molar-refractivity contribution in [3.05, 3.63) is 60.2 Å². The summed E-state index contributed by atoms with van der Waals surface area (Å²) in [4.78, 5) is 12.2. The third-order valence-electron chi connectivity index (χ3n) is 5.35. The summed E-state index contributed by atoms with van der Waals surface area (Å²) >= 11 is 0. The molecule has 1 aliphatic rings. The number of likely N-dealkylation sites (tertiary alicyclic amines) is 1. The molecule has 1 aliphatic heterocycles. The van der Waals surface area contributed by atoms with Crippen LogP contribution in [0.1, 0.15) is 25.3 Å². The largest absolute Gasteiger partial charge is 0.481 e. The van der Waals surface area contributed by atoms with E-state index in [-0.39, 0.29) is 24.3 Å². The van der Waals surface area contributed by atoms with Crippen molar-refractivity contribution in [2.45, 2.75) is 36.1 Å². The van der Waals surface area contributed by atoms with Gasteiger partial charge in [0, 0.05) is 32.5 Å². The first-order valence-electron chi connectivity index (χ1n) is 10.2. The van der Waals surface area contributed by atoms with Crippen LogP contribution >= 0.6 is 0 Å². The smallest absolute Gasteiger partial charge is 0.432 e. The Balaban J connectivity index is 1.80. The second kappa shape index (κ2) is 10.5. The van der Waals surface area contributed by atoms with Crippen LogP contribution in [0.4, 0.5) is 4.79 Å². The van der Waals surface area contributed by atoms with Crippen LogP contribution in [0.25, 0.3) is 0 Å². The molecule has 0 aliphatic carbocycles. The van der Waals surface area contributed by atoms with E-state index >= 15 is 0 Å². The molecule has 1 saturated heterocycles. The van der Waals surface area contributed by atoms with Crippen LogP contribution in [0.3, 0.4) is 0 Å². The molecular formula is C23H26N2O6S. The fraction of sp³-hybridized carbons (Fsp3) is 0.348. The first-order valence-corrected chi connectivity index (χ1v) is 11.6. The van der Waals surface area contributed by atoms with Gasteiger partial charge >= 0.3 is 6.09 Å². The van der Waals surface area contributed by atoms with Crippen LogP contribution < -0.4 is 10.2 Å². The van der Waals surface area contributed by atoms with Crippen LogP contribution in [0.15, 0.2) is 59.5 Å². The van der Waals surface area contributed by atoms with Gasteiger partial charge in [0.25, 0.3) is 0 Å². The van der Waals surface area contributed by atoms with E-state index in [1.165, 1.54) is 29.7 Å². The quantitative estimate of drug-likeness (QED) is 0.373. The lowest BCUT2D eigenvalue weighted by atomic mass is 10.1. The monoisotopic (exact) mass is 458 g/mol. The highest BCUT2D eigenvalue weighted by molar-refractivity contribution is 7.92. The van der Waals surface area contributed by atoms with Gasteiger partial charge in [0.1, 0.15) is 12.4 Å². The summed E-state index contributed by atoms with van der Waals surface area (Å²) in [7, 11) is -4.07. The molecule has 0 aromatic heterocycles. The topological polar surface area (TPSA) is 105 Å². The van der Waals surface area contributed by atoms with Crippen molar-refractivity contribution in [1.29, 1.82) is 0 Å². The van der Waals surface area contributed by atoms with Crippen molar-refractivity contribution in [2.75, 3.05) is 19.7 Å². The van der Waals surface area contributed by atoms with Crippen molar-refractivity contribution < 1.29 is 27.9 Å². The SMILES string of the molecule is CC#CCOc1ccc(S(=O)(=O)C2(OC(=O)NO)CCN(Cc3ccccc3)CC2)cc1. The van der Waals surface area contributed by atoms with Gasteiger partial charge in [0.15, 0.2) is 0 Å². The molecule has 0 atom stereocenters. The number of hydrogen-bond acceptors (Lipinski definition) is 7. The van der Waals surface area contributed by atoms with Crippen molar-refractivity contribution in [3.63, 3.8) is 0 Å². The van der Waals surface area contributed by atoms with E-state index in [4.69, 9.17) is 14.7 Å². The minimum atomic E-state index is -4.07. The Morgan fingerprint density at radius 1 is 1.12 bits per heavy atom. The number of carbonyl (C=O) groups is 1. The van der Waals surface area contributed by atoms with E-state index in [0.29, 0.717) is 25.4 Å². The summed E-state index contributed by atoms with van der Waals surface area (Å²) in [6.45, 7) is 3.37. The van der Waals surface area contributed by atoms with E-state index in [1.807, 2.05) is 30.3 Å². The lowest BCUT2D eigenvalue weighted by molar-refractivity contribution is 0.000287. The van der Waals surface area contributed by atoms with Crippen molar-refractivity contribution >= 4 is 15.9 Å². The second-order valence-electron chi connectivity index (χ2n) is 7.36. The Labute approximate surface area is 188 Å². The highest BCUT2D eigenvalue weighted by Crippen LogP contribution is 2.37. The number of rotatable bonds is 7. The van der Waals surface area contributed by atoms with Gasteiger partial charge in [-0.25, -0.2) is 18.7 Å². The fourth-order valence-electron chi connectivity index (χ4n) is 3.63. The van der Waals surface area contributed by atoms with Gasteiger partial charge in [0.05, 0.1) is 4.90 Å². The summed E-state index contributed by atoms with van der Waals surface area (Å²) in [5.74, 6) is 5.96. The molecule has 0 unspecified atom stereocenters. The van der Waals surface area contributed by atoms with Gasteiger partial charge in [-0.3, -0.25) is 10.1 Å². The van der Waals surface area contributed by atoms with Crippen molar-refractivity contribution in [1.82, 2.24) is 10.4 Å². The molecule has 1 fully saturated rings. The number of hydrogen-bond donors (Lipinski definition) is 2. The van der Waals surface area contributed by atoms with Crippen LogP contribution in [0.2, 0.25) is 0 Å². The summed E-state index contributed by atoms with van der Waals surface area (Å²) < 4.78 is 37.8. The molecule has 8 nitrogen and oxygen atoms in total. The summed E-state index contributed by atoms with van der Waals surface area (Å²) in [6, 6.07) is 15.8. The molecule has 1 heterocycles. The number of nitrogens with one attached hydrogen (secondary N) is 1. The van der Waals surface area contributed by atoms with Crippen molar-refractivity contribution in [3.8, 4) is 17.6 Å². The second-order valence-corrected chi connectivity index (χ2v) is 9.59. The van der Waals surface area contributed by atoms with E-state index in [9.17, 15) is 13.2 Å². The van der Waals surface area contributed by atoms with Gasteiger partial charge in [0.2, 0.25) is 14.8 Å². The third-order valence-corrected chi connectivity index (χ3v) is 7.71. The van der Waals surface area contributed by atoms with E-state index in [2.05, 4.69) is 16.7 Å². The maximum absolute atomic E-state index is 13.5. The average molecular weight is 459 g/mol. The zero-order valence-corrected chi connectivity index (χ0v) is 18.6. The third kappa shape index (κ3) is 5.40. The van der Waals surface area contributed by atoms with E-state index in [0.717, 1.165) is 5.56 Å². The molecule has 0 radical (unpaired) electrons. The summed E-state index contributed by atoms with van der Waals surface area (Å²) in [5.41, 5.74) is 2.49. The number of carbonyl (C=O) groups excluding carboxylic acids is 1. The van der Waals surface area contributed by atoms with E-state index in [1.54, 1.807) is 6.92 Å². The summed E-state index contributed by atoms with van der Waals surface area (Å²) in [5, 5.41) is 8.94. The molecule has 2 aromatic rings. The summed E-state index contributed by atoms with van der Waals surface area (Å²) in [6.07, 6.45) is -1.07. The molecule has 170 valence electrons. The highest BCUT2D eigenvalue weighted by Gasteiger charge is 2.50. The lowest BCUT2D eigenvalue weighted by Gasteiger charge is -2.40. The standard InChI is InChI=1S/C23H26N2O6S/c1-2-3-17-30-20-9-11-21(12-10-20)32(28,29)23(31-22(26)24-27)13-15-25(16-14-23)18-19-7-5-4-6-8-19/h4-12,27H,13-18H2,1H3,(H,24,26). The number of piperidine rings is 1. The average Bonchev–Trinajstić information content (AvgIpc) is 2.81. The molecule has 32 heavy (non-hydrogen) atoms. The van der Waals surface area contributed by atoms with Crippen molar-refractivity contribution in [2.24, 2.45) is 0 Å². The first kappa shape index (κ1) is 23.6. The van der Waals surface area contributed by atoms with Crippen LogP contribution in [0, 0.1) is 11.8 Å². The minimum absolute atomic E-state index is 0.00803. The molecule has 1 amide bonds. The van der Waals surface area contributed by atoms with Gasteiger partial charge in [-0.1, -0.05) is 36.3 Å². The van der Waals surface area contributed by atoms with Crippen LogP contribution in [0.5, 0.6) is 5.75 Å². The van der Waals surface area contributed by atoms with E-state index < -0.39 is 20.9 Å². The normalized spacial score (nSPS) is 15.8. The zero-order chi connectivity index (χ0) is 23.0. The minimum Gasteiger partial charge on any atom is -0.481 e.